The predicted molar refractivity (Wildman–Crippen MR) is 178 cm³/mol. The number of nitrogens with zero attached hydrogens (tertiary/aromatic N) is 2. The number of hydrogen-bond acceptors (Lipinski definition) is 6. The molecule has 0 saturated heterocycles. The molecule has 0 radical (unpaired) electrons. The predicted octanol–water partition coefficient (Wildman–Crippen LogP) is 7.99. The number of fused-ring (bicyclic) bond motifs is 8. The Morgan fingerprint density at radius 2 is 1.07 bits per heavy atom. The number of allylic oxidation sites excluding steroid dienone is 2. The lowest BCUT2D eigenvalue weighted by Crippen LogP contribution is -2.02. The highest BCUT2D eigenvalue weighted by Crippen LogP contribution is 2.37. The average molecular weight is 591 g/mol. The van der Waals surface area contributed by atoms with Crippen molar-refractivity contribution in [1.29, 1.82) is 0 Å². The Balaban J connectivity index is 1.87. The summed E-state index contributed by atoms with van der Waals surface area (Å²) in [6.45, 7) is 19.7. The van der Waals surface area contributed by atoms with E-state index in [-0.39, 0.29) is 25.2 Å². The molecule has 0 aromatic carbocycles. The molecular weight excluding hydrogens is 552 g/mol. The van der Waals surface area contributed by atoms with Gasteiger partial charge in [0.05, 0.1) is 36.0 Å². The van der Waals surface area contributed by atoms with Gasteiger partial charge in [-0.1, -0.05) is 25.3 Å². The molecule has 2 N–H and O–H groups in total. The van der Waals surface area contributed by atoms with Crippen LogP contribution in [-0.4, -0.2) is 45.1 Å². The van der Waals surface area contributed by atoms with Crippen LogP contribution in [0.1, 0.15) is 85.6 Å². The van der Waals surface area contributed by atoms with Crippen LogP contribution < -0.4 is 0 Å². The number of carbonyl (C=O) groups excluding carboxylic acids is 2. The first-order valence-electron chi connectivity index (χ1n) is 14.7. The number of aromatic nitrogens is 4. The fourth-order valence-electron chi connectivity index (χ4n) is 5.90. The number of rotatable bonds is 8. The van der Waals surface area contributed by atoms with Crippen LogP contribution in [0.25, 0.3) is 56.5 Å². The van der Waals surface area contributed by atoms with E-state index in [1.165, 1.54) is 13.8 Å². The Morgan fingerprint density at radius 3 is 1.50 bits per heavy atom. The molecule has 0 spiro atoms. The van der Waals surface area contributed by atoms with Gasteiger partial charge in [0.25, 0.3) is 0 Å². The van der Waals surface area contributed by atoms with Crippen LogP contribution in [0.4, 0.5) is 0 Å². The molecule has 0 atom stereocenters. The third-order valence-corrected chi connectivity index (χ3v) is 8.36. The number of H-pyrrole nitrogens is 2. The molecule has 3 aromatic rings. The second-order valence-corrected chi connectivity index (χ2v) is 11.1. The summed E-state index contributed by atoms with van der Waals surface area (Å²) in [5.74, 6) is -0.648. The summed E-state index contributed by atoms with van der Waals surface area (Å²) in [4.78, 5) is 40.4. The van der Waals surface area contributed by atoms with Crippen molar-refractivity contribution >= 4 is 68.4 Å². The van der Waals surface area contributed by atoms with Gasteiger partial charge in [0, 0.05) is 59.9 Å². The fourth-order valence-corrected chi connectivity index (χ4v) is 5.90. The van der Waals surface area contributed by atoms with Gasteiger partial charge in [-0.3, -0.25) is 9.59 Å². The third kappa shape index (κ3) is 5.80. The number of hydrogen-bond donors (Lipinski definition) is 2. The van der Waals surface area contributed by atoms with Crippen molar-refractivity contribution in [3.63, 3.8) is 0 Å². The minimum absolute atomic E-state index is 0.242. The van der Waals surface area contributed by atoms with E-state index in [0.29, 0.717) is 12.8 Å². The summed E-state index contributed by atoms with van der Waals surface area (Å²) in [6, 6.07) is 8.19. The van der Waals surface area contributed by atoms with E-state index in [1.807, 2.05) is 38.1 Å². The number of ether oxygens (including phenoxy) is 2. The maximum atomic E-state index is 11.6. The molecule has 8 heteroatoms. The summed E-state index contributed by atoms with van der Waals surface area (Å²) in [7, 11) is 0. The highest BCUT2D eigenvalue weighted by Gasteiger charge is 2.22. The summed E-state index contributed by atoms with van der Waals surface area (Å²) in [5.41, 5.74) is 15.0. The van der Waals surface area contributed by atoms with Gasteiger partial charge in [0.15, 0.2) is 0 Å². The first-order valence-corrected chi connectivity index (χ1v) is 14.7. The van der Waals surface area contributed by atoms with Crippen molar-refractivity contribution in [2.24, 2.45) is 0 Å². The lowest BCUT2D eigenvalue weighted by Gasteiger charge is -2.07. The van der Waals surface area contributed by atoms with Crippen LogP contribution in [0.2, 0.25) is 0 Å². The smallest absolute Gasteiger partial charge is 0.302 e. The van der Waals surface area contributed by atoms with Gasteiger partial charge < -0.3 is 19.4 Å². The summed E-state index contributed by atoms with van der Waals surface area (Å²) in [5, 5.41) is 0. The van der Waals surface area contributed by atoms with Crippen LogP contribution in [0.3, 0.4) is 0 Å². The zero-order chi connectivity index (χ0) is 31.7. The lowest BCUT2D eigenvalue weighted by atomic mass is 10.0. The molecule has 2 aliphatic heterocycles. The standard InChI is InChI=1S/C36H38N4O4/c1-9-25-19(3)29-15-30-21(5)27(11-13-43-23(7)41)35(39-30)18-36-28(12-14-44-24(8)42)22(6)32(40-36)17-34-26(10-2)20(4)31(38-34)16-33(25)37-29/h9-10,15-18,37-38H,1-2,11-14H2,3-8H3. The topological polar surface area (TPSA) is 110 Å². The molecule has 5 rings (SSSR count). The van der Waals surface area contributed by atoms with E-state index >= 15 is 0 Å². The van der Waals surface area contributed by atoms with Gasteiger partial charge in [-0.15, -0.1) is 0 Å². The van der Waals surface area contributed by atoms with Gasteiger partial charge in [-0.25, -0.2) is 9.97 Å². The van der Waals surface area contributed by atoms with Crippen LogP contribution in [-0.2, 0) is 19.1 Å². The average Bonchev–Trinajstić information content (AvgIpc) is 3.62. The normalized spacial score (nSPS) is 12.9. The number of nitrogens with one attached hydrogen (secondary N) is 2. The molecule has 3 aromatic heterocycles. The zero-order valence-corrected chi connectivity index (χ0v) is 26.2. The van der Waals surface area contributed by atoms with E-state index in [0.717, 1.165) is 89.4 Å². The van der Waals surface area contributed by atoms with E-state index < -0.39 is 0 Å². The maximum absolute atomic E-state index is 11.6. The molecule has 0 unspecified atom stereocenters. The number of aryl methyl sites for hydroxylation is 2. The van der Waals surface area contributed by atoms with Gasteiger partial charge in [-0.2, -0.15) is 0 Å². The number of aromatic amines is 2. The second-order valence-electron chi connectivity index (χ2n) is 11.1. The molecule has 226 valence electrons. The molecule has 2 aliphatic rings. The number of carbonyl (C=O) groups is 2. The van der Waals surface area contributed by atoms with E-state index in [1.54, 1.807) is 0 Å². The Bertz CT molecular complexity index is 1950. The van der Waals surface area contributed by atoms with Crippen molar-refractivity contribution in [2.75, 3.05) is 13.2 Å². The summed E-state index contributed by atoms with van der Waals surface area (Å²) < 4.78 is 10.6. The Labute approximate surface area is 257 Å². The fraction of sp³-hybridized carbons (Fsp3) is 0.278. The van der Waals surface area contributed by atoms with Crippen molar-refractivity contribution in [3.05, 3.63) is 82.5 Å². The molecular formula is C36H38N4O4. The lowest BCUT2D eigenvalue weighted by molar-refractivity contribution is -0.141. The molecule has 8 bridgehead atoms. The van der Waals surface area contributed by atoms with E-state index in [9.17, 15) is 9.59 Å². The Morgan fingerprint density at radius 1 is 0.659 bits per heavy atom. The van der Waals surface area contributed by atoms with E-state index in [4.69, 9.17) is 19.4 Å². The zero-order valence-electron chi connectivity index (χ0n) is 26.2. The largest absolute Gasteiger partial charge is 0.466 e. The van der Waals surface area contributed by atoms with Gasteiger partial charge >= 0.3 is 11.9 Å². The quantitative estimate of drug-likeness (QED) is 0.257. The van der Waals surface area contributed by atoms with Gasteiger partial charge in [-0.05, 0) is 85.4 Å². The van der Waals surface area contributed by atoms with Gasteiger partial charge in [0.1, 0.15) is 0 Å². The maximum Gasteiger partial charge on any atom is 0.302 e. The van der Waals surface area contributed by atoms with Crippen LogP contribution in [0, 0.1) is 13.8 Å². The molecule has 0 amide bonds. The molecule has 0 saturated carbocycles. The minimum Gasteiger partial charge on any atom is -0.466 e. The van der Waals surface area contributed by atoms with Crippen molar-refractivity contribution in [3.8, 4) is 0 Å². The van der Waals surface area contributed by atoms with Crippen molar-refractivity contribution in [1.82, 2.24) is 19.9 Å². The first kappa shape index (κ1) is 30.5. The van der Waals surface area contributed by atoms with Crippen molar-refractivity contribution < 1.29 is 19.1 Å². The van der Waals surface area contributed by atoms with Crippen LogP contribution in [0.15, 0.2) is 37.4 Å². The van der Waals surface area contributed by atoms with Crippen molar-refractivity contribution in [2.45, 2.75) is 54.4 Å². The minimum atomic E-state index is -0.324. The highest BCUT2D eigenvalue weighted by molar-refractivity contribution is 5.96. The number of esters is 2. The van der Waals surface area contributed by atoms with Crippen LogP contribution in [0.5, 0.6) is 0 Å². The monoisotopic (exact) mass is 590 g/mol. The Kier molecular flexibility index (Phi) is 8.54. The highest BCUT2D eigenvalue weighted by atomic mass is 16.5. The summed E-state index contributed by atoms with van der Waals surface area (Å²) in [6.07, 6.45) is 4.74. The van der Waals surface area contributed by atoms with Crippen LogP contribution >= 0.6 is 0 Å². The molecule has 44 heavy (non-hydrogen) atoms. The van der Waals surface area contributed by atoms with E-state index in [2.05, 4.69) is 49.1 Å². The second kappa shape index (κ2) is 12.3. The molecule has 0 aliphatic carbocycles. The molecule has 5 heterocycles. The Hall–Kier alpha value is -4.98. The first-order chi connectivity index (χ1) is 21.0. The summed E-state index contributed by atoms with van der Waals surface area (Å²) >= 11 is 0. The molecule has 0 fully saturated rings. The van der Waals surface area contributed by atoms with Gasteiger partial charge in [0.2, 0.25) is 0 Å². The molecule has 8 nitrogen and oxygen atoms in total. The third-order valence-electron chi connectivity index (χ3n) is 8.36. The SMILES string of the molecule is C=Cc1c(C)c2cc3[nH]c(cc4nc(cc5nc(cc1[nH]2)C(C)=C5CCOC(C)=O)C(CCOC(C)=O)=C4C)c(C)c3C=C.